The highest BCUT2D eigenvalue weighted by Gasteiger charge is 2.47. The molecule has 25 heavy (non-hydrogen) atoms. The lowest BCUT2D eigenvalue weighted by molar-refractivity contribution is 0.0908. The highest BCUT2D eigenvalue weighted by molar-refractivity contribution is 7.18. The van der Waals surface area contributed by atoms with E-state index in [1.54, 1.807) is 12.1 Å². The Balaban J connectivity index is 2.05. The number of thiophene rings is 1. The number of nitrogen functional groups attached to an aromatic ring is 1. The summed E-state index contributed by atoms with van der Waals surface area (Å²) in [6, 6.07) is 11.3. The molecule has 0 radical (unpaired) electrons. The summed E-state index contributed by atoms with van der Waals surface area (Å²) in [6.45, 7) is 2.53. The number of nitrogens with two attached hydrogens (primary N) is 1. The number of carbonyl (C=O) groups excluding carboxylic acids is 2. The van der Waals surface area contributed by atoms with E-state index in [-0.39, 0.29) is 11.7 Å². The number of nitrogens with zero attached hydrogens (tertiary/aromatic N) is 1. The summed E-state index contributed by atoms with van der Waals surface area (Å²) in [5, 5.41) is 13.0. The van der Waals surface area contributed by atoms with E-state index < -0.39 is 5.41 Å². The molecular formula is C19H19N3O2S. The van der Waals surface area contributed by atoms with Gasteiger partial charge >= 0.3 is 0 Å². The van der Waals surface area contributed by atoms with Crippen molar-refractivity contribution in [3.05, 3.63) is 51.9 Å². The number of amides is 1. The first-order valence-electron chi connectivity index (χ1n) is 8.26. The van der Waals surface area contributed by atoms with Gasteiger partial charge in [-0.2, -0.15) is 5.26 Å². The van der Waals surface area contributed by atoms with Crippen molar-refractivity contribution in [2.75, 3.05) is 12.3 Å². The SMILES string of the molecule is CCCNC(=O)c1c(N)sc2c1CCC(C#N)(c1ccccc1)C2=O. The third kappa shape index (κ3) is 2.71. The maximum atomic E-state index is 13.2. The lowest BCUT2D eigenvalue weighted by Crippen LogP contribution is -2.38. The molecular weight excluding hydrogens is 334 g/mol. The Kier molecular flexibility index (Phi) is 4.60. The molecule has 1 aliphatic rings. The fourth-order valence-electron chi connectivity index (χ4n) is 3.27. The third-order valence-electron chi connectivity index (χ3n) is 4.60. The summed E-state index contributed by atoms with van der Waals surface area (Å²) in [4.78, 5) is 26.0. The van der Waals surface area contributed by atoms with Crippen molar-refractivity contribution in [2.24, 2.45) is 0 Å². The summed E-state index contributed by atoms with van der Waals surface area (Å²) < 4.78 is 0. The second-order valence-electron chi connectivity index (χ2n) is 6.12. The Labute approximate surface area is 150 Å². The van der Waals surface area contributed by atoms with Gasteiger partial charge in [-0.15, -0.1) is 11.3 Å². The average molecular weight is 353 g/mol. The van der Waals surface area contributed by atoms with Crippen molar-refractivity contribution < 1.29 is 9.59 Å². The molecule has 1 heterocycles. The predicted molar refractivity (Wildman–Crippen MR) is 97.7 cm³/mol. The number of fused-ring (bicyclic) bond motifs is 1. The van der Waals surface area contributed by atoms with E-state index in [4.69, 9.17) is 5.73 Å². The number of anilines is 1. The monoisotopic (exact) mass is 353 g/mol. The van der Waals surface area contributed by atoms with E-state index in [0.717, 1.165) is 17.8 Å². The van der Waals surface area contributed by atoms with Crippen molar-refractivity contribution in [3.63, 3.8) is 0 Å². The molecule has 1 aromatic carbocycles. The van der Waals surface area contributed by atoms with Gasteiger partial charge in [0.1, 0.15) is 5.41 Å². The zero-order chi connectivity index (χ0) is 18.0. The van der Waals surface area contributed by atoms with Crippen molar-refractivity contribution >= 4 is 28.0 Å². The van der Waals surface area contributed by atoms with Gasteiger partial charge in [0.2, 0.25) is 0 Å². The quantitative estimate of drug-likeness (QED) is 0.883. The molecule has 3 N–H and O–H groups in total. The van der Waals surface area contributed by atoms with Crippen LogP contribution in [0, 0.1) is 11.3 Å². The van der Waals surface area contributed by atoms with Crippen LogP contribution in [0.2, 0.25) is 0 Å². The molecule has 2 aromatic rings. The predicted octanol–water partition coefficient (Wildman–Crippen LogP) is 3.06. The minimum absolute atomic E-state index is 0.242. The van der Waals surface area contributed by atoms with Crippen LogP contribution in [0.15, 0.2) is 30.3 Å². The number of ketones is 1. The van der Waals surface area contributed by atoms with Gasteiger partial charge in [-0.1, -0.05) is 37.3 Å². The number of hydrogen-bond acceptors (Lipinski definition) is 5. The zero-order valence-electron chi connectivity index (χ0n) is 14.0. The Hall–Kier alpha value is -2.65. The lowest BCUT2D eigenvalue weighted by atomic mass is 9.69. The molecule has 0 fully saturated rings. The summed E-state index contributed by atoms with van der Waals surface area (Å²) in [5.74, 6) is -0.498. The Morgan fingerprint density at radius 1 is 1.40 bits per heavy atom. The van der Waals surface area contributed by atoms with E-state index in [0.29, 0.717) is 46.0 Å². The smallest absolute Gasteiger partial charge is 0.254 e. The molecule has 0 spiro atoms. The second kappa shape index (κ2) is 6.69. The Morgan fingerprint density at radius 2 is 2.12 bits per heavy atom. The molecule has 1 aliphatic carbocycles. The van der Waals surface area contributed by atoms with Gasteiger partial charge in [0.05, 0.1) is 21.5 Å². The maximum absolute atomic E-state index is 13.2. The van der Waals surface area contributed by atoms with Gasteiger partial charge in [0.15, 0.2) is 5.78 Å². The molecule has 1 amide bonds. The van der Waals surface area contributed by atoms with Crippen LogP contribution in [0.1, 0.15) is 50.9 Å². The Bertz CT molecular complexity index is 867. The molecule has 128 valence electrons. The lowest BCUT2D eigenvalue weighted by Gasteiger charge is -2.29. The van der Waals surface area contributed by atoms with Crippen LogP contribution in [0.5, 0.6) is 0 Å². The molecule has 1 atom stereocenters. The first-order chi connectivity index (χ1) is 12.0. The summed E-state index contributed by atoms with van der Waals surface area (Å²) >= 11 is 1.12. The number of nitrogens with one attached hydrogen (secondary N) is 1. The van der Waals surface area contributed by atoms with Crippen LogP contribution in [0.4, 0.5) is 5.00 Å². The highest BCUT2D eigenvalue weighted by atomic mass is 32.1. The van der Waals surface area contributed by atoms with Gasteiger partial charge in [-0.05, 0) is 30.4 Å². The number of hydrogen-bond donors (Lipinski definition) is 2. The zero-order valence-corrected chi connectivity index (χ0v) is 14.8. The van der Waals surface area contributed by atoms with Crippen LogP contribution >= 0.6 is 11.3 Å². The topological polar surface area (TPSA) is 96.0 Å². The number of Topliss-reactive ketones (excluding diaryl/α,β-unsaturated/α-hetero) is 1. The minimum Gasteiger partial charge on any atom is -0.390 e. The summed E-state index contributed by atoms with van der Waals surface area (Å²) in [5.41, 5.74) is 6.62. The highest BCUT2D eigenvalue weighted by Crippen LogP contribution is 2.44. The molecule has 0 bridgehead atoms. The van der Waals surface area contributed by atoms with Crippen molar-refractivity contribution in [1.29, 1.82) is 5.26 Å². The van der Waals surface area contributed by atoms with Crippen molar-refractivity contribution in [2.45, 2.75) is 31.6 Å². The average Bonchev–Trinajstić information content (AvgIpc) is 2.98. The molecule has 1 aromatic heterocycles. The second-order valence-corrected chi connectivity index (χ2v) is 7.17. The standard InChI is InChI=1S/C19H19N3O2S/c1-2-10-22-18(24)14-13-8-9-19(11-20,12-6-4-3-5-7-12)16(23)15(13)25-17(14)21/h3-7H,2,8-10,21H2,1H3,(H,22,24). The van der Waals surface area contributed by atoms with Crippen LogP contribution in [0.3, 0.4) is 0 Å². The number of benzene rings is 1. The maximum Gasteiger partial charge on any atom is 0.254 e. The summed E-state index contributed by atoms with van der Waals surface area (Å²) in [7, 11) is 0. The molecule has 6 heteroatoms. The van der Waals surface area contributed by atoms with E-state index >= 15 is 0 Å². The van der Waals surface area contributed by atoms with E-state index in [9.17, 15) is 14.9 Å². The van der Waals surface area contributed by atoms with Gasteiger partial charge in [-0.3, -0.25) is 9.59 Å². The molecule has 3 rings (SSSR count). The molecule has 5 nitrogen and oxygen atoms in total. The van der Waals surface area contributed by atoms with Gasteiger partial charge in [0, 0.05) is 6.54 Å². The van der Waals surface area contributed by atoms with Crippen molar-refractivity contribution in [1.82, 2.24) is 5.32 Å². The van der Waals surface area contributed by atoms with Crippen molar-refractivity contribution in [3.8, 4) is 6.07 Å². The van der Waals surface area contributed by atoms with E-state index in [1.807, 2.05) is 25.1 Å². The van der Waals surface area contributed by atoms with Crippen LogP contribution in [0.25, 0.3) is 0 Å². The fourth-order valence-corrected chi connectivity index (χ4v) is 4.40. The fraction of sp³-hybridized carbons (Fsp3) is 0.316. The minimum atomic E-state index is -1.21. The first kappa shape index (κ1) is 17.2. The van der Waals surface area contributed by atoms with Gasteiger partial charge in [-0.25, -0.2) is 0 Å². The molecule has 1 unspecified atom stereocenters. The largest absolute Gasteiger partial charge is 0.390 e. The molecule has 0 saturated carbocycles. The number of rotatable bonds is 4. The van der Waals surface area contributed by atoms with Crippen LogP contribution < -0.4 is 11.1 Å². The van der Waals surface area contributed by atoms with Gasteiger partial charge < -0.3 is 11.1 Å². The normalized spacial score (nSPS) is 19.1. The van der Waals surface area contributed by atoms with Crippen LogP contribution in [-0.2, 0) is 11.8 Å². The molecule has 0 aliphatic heterocycles. The number of nitriles is 1. The van der Waals surface area contributed by atoms with Gasteiger partial charge in [0.25, 0.3) is 5.91 Å². The van der Waals surface area contributed by atoms with E-state index in [2.05, 4.69) is 11.4 Å². The number of carbonyl (C=O) groups is 2. The third-order valence-corrected chi connectivity index (χ3v) is 5.66. The summed E-state index contributed by atoms with van der Waals surface area (Å²) in [6.07, 6.45) is 1.65. The van der Waals surface area contributed by atoms with E-state index in [1.165, 1.54) is 0 Å². The molecule has 0 saturated heterocycles. The first-order valence-corrected chi connectivity index (χ1v) is 9.07. The Morgan fingerprint density at radius 3 is 2.76 bits per heavy atom. The van der Waals surface area contributed by atoms with Crippen LogP contribution in [-0.4, -0.2) is 18.2 Å².